The Morgan fingerprint density at radius 1 is 1.17 bits per heavy atom. The number of nitrogens with zero attached hydrogens (tertiary/aromatic N) is 2. The normalized spacial score (nSPS) is 12.6. The maximum atomic E-state index is 13.6. The van der Waals surface area contributed by atoms with E-state index < -0.39 is 54.0 Å². The zero-order valence-corrected chi connectivity index (χ0v) is 21.7. The van der Waals surface area contributed by atoms with Crippen molar-refractivity contribution in [1.29, 1.82) is 5.26 Å². The molecule has 3 amide bonds. The van der Waals surface area contributed by atoms with Gasteiger partial charge in [0, 0.05) is 12.1 Å². The molecule has 1 rings (SSSR count). The number of alkyl carbamates (subject to hydrolysis) is 1. The molecule has 0 aliphatic heterocycles. The molecule has 36 heavy (non-hydrogen) atoms. The van der Waals surface area contributed by atoms with Gasteiger partial charge in [-0.1, -0.05) is 32.0 Å². The second-order valence-electron chi connectivity index (χ2n) is 9.30. The van der Waals surface area contributed by atoms with E-state index in [0.717, 1.165) is 4.90 Å². The number of nitrogens with one attached hydrogen (secondary N) is 2. The average molecular weight is 505 g/mol. The highest BCUT2D eigenvalue weighted by Crippen LogP contribution is 2.30. The van der Waals surface area contributed by atoms with E-state index in [0.29, 0.717) is 0 Å². The highest BCUT2D eigenvalue weighted by Gasteiger charge is 2.38. The van der Waals surface area contributed by atoms with Crippen LogP contribution >= 0.6 is 0 Å². The fourth-order valence-corrected chi connectivity index (χ4v) is 3.29. The molecule has 0 saturated carbocycles. The Morgan fingerprint density at radius 3 is 2.33 bits per heavy atom. The van der Waals surface area contributed by atoms with Crippen LogP contribution in [0.25, 0.3) is 0 Å². The monoisotopic (exact) mass is 504 g/mol. The Labute approximate surface area is 211 Å². The fraction of sp³-hybridized carbons (Fsp3) is 0.560. The Balaban J connectivity index is 3.34. The molecule has 0 heterocycles. The number of aromatic hydroxyl groups is 1. The first kappa shape index (κ1) is 30.2. The molecule has 0 aliphatic carbocycles. The van der Waals surface area contributed by atoms with E-state index >= 15 is 0 Å². The quantitative estimate of drug-likeness (QED) is 0.306. The Morgan fingerprint density at radius 2 is 1.81 bits per heavy atom. The van der Waals surface area contributed by atoms with Gasteiger partial charge >= 0.3 is 12.1 Å². The van der Waals surface area contributed by atoms with Gasteiger partial charge in [0.1, 0.15) is 30.0 Å². The number of nitriles is 1. The average Bonchev–Trinajstić information content (AvgIpc) is 2.76. The van der Waals surface area contributed by atoms with Gasteiger partial charge in [-0.05, 0) is 39.7 Å². The van der Waals surface area contributed by atoms with Gasteiger partial charge in [0.25, 0.3) is 0 Å². The van der Waals surface area contributed by atoms with Gasteiger partial charge in [-0.15, -0.1) is 0 Å². The molecular formula is C25H36N4O7. The van der Waals surface area contributed by atoms with Crippen LogP contribution in [0.2, 0.25) is 0 Å². The summed E-state index contributed by atoms with van der Waals surface area (Å²) in [5.74, 6) is -2.64. The maximum Gasteiger partial charge on any atom is 0.408 e. The minimum absolute atomic E-state index is 0.0782. The first-order chi connectivity index (χ1) is 16.8. The van der Waals surface area contributed by atoms with Crippen molar-refractivity contribution in [1.82, 2.24) is 15.5 Å². The number of para-hydroxylation sites is 1. The van der Waals surface area contributed by atoms with Gasteiger partial charge in [-0.3, -0.25) is 14.4 Å². The van der Waals surface area contributed by atoms with Crippen molar-refractivity contribution in [2.75, 3.05) is 19.7 Å². The molecule has 3 N–H and O–H groups in total. The molecule has 0 fully saturated rings. The molecule has 2 unspecified atom stereocenters. The van der Waals surface area contributed by atoms with E-state index in [9.17, 15) is 29.5 Å². The summed E-state index contributed by atoms with van der Waals surface area (Å²) in [7, 11) is 0. The third-order valence-corrected chi connectivity index (χ3v) is 4.85. The molecule has 0 saturated heterocycles. The first-order valence-electron chi connectivity index (χ1n) is 11.7. The van der Waals surface area contributed by atoms with Crippen LogP contribution in [-0.2, 0) is 23.9 Å². The van der Waals surface area contributed by atoms with E-state index in [-0.39, 0.29) is 30.9 Å². The summed E-state index contributed by atoms with van der Waals surface area (Å²) in [6.45, 7) is 9.67. The van der Waals surface area contributed by atoms with Crippen molar-refractivity contribution in [3.05, 3.63) is 29.8 Å². The van der Waals surface area contributed by atoms with Crippen LogP contribution in [0.15, 0.2) is 24.3 Å². The molecule has 0 bridgehead atoms. The minimum Gasteiger partial charge on any atom is -0.508 e. The van der Waals surface area contributed by atoms with E-state index in [1.807, 2.05) is 6.07 Å². The van der Waals surface area contributed by atoms with E-state index in [1.54, 1.807) is 53.7 Å². The summed E-state index contributed by atoms with van der Waals surface area (Å²) in [5.41, 5.74) is -0.729. The number of ether oxygens (including phenoxy) is 2. The SMILES string of the molecule is CCOC(=O)CCNC(=O)C(c1ccccc1O)N(CC#N)C(=O)C(NC(=O)OC(C)(C)C)C(C)C. The number of rotatable bonds is 11. The lowest BCUT2D eigenvalue weighted by Gasteiger charge is -2.34. The van der Waals surface area contributed by atoms with Gasteiger partial charge in [0.2, 0.25) is 11.8 Å². The van der Waals surface area contributed by atoms with Gasteiger partial charge in [-0.25, -0.2) is 4.79 Å². The minimum atomic E-state index is -1.41. The highest BCUT2D eigenvalue weighted by atomic mass is 16.6. The summed E-state index contributed by atoms with van der Waals surface area (Å²) in [6, 6.07) is 5.25. The number of benzene rings is 1. The Bertz CT molecular complexity index is 966. The van der Waals surface area contributed by atoms with Crippen LogP contribution in [0.3, 0.4) is 0 Å². The van der Waals surface area contributed by atoms with Crippen LogP contribution in [-0.4, -0.2) is 65.2 Å². The summed E-state index contributed by atoms with van der Waals surface area (Å²) in [6.07, 6.45) is -0.932. The van der Waals surface area contributed by atoms with Crippen molar-refractivity contribution < 1.29 is 33.8 Å². The third kappa shape index (κ3) is 9.44. The molecule has 2 atom stereocenters. The lowest BCUT2D eigenvalue weighted by atomic mass is 9.98. The Hall–Kier alpha value is -3.81. The zero-order chi connectivity index (χ0) is 27.5. The summed E-state index contributed by atoms with van der Waals surface area (Å²) in [5, 5.41) is 25.0. The number of phenols is 1. The molecule has 11 nitrogen and oxygen atoms in total. The van der Waals surface area contributed by atoms with Gasteiger partial charge in [-0.2, -0.15) is 5.26 Å². The number of phenolic OH excluding ortho intramolecular Hbond substituents is 1. The number of carbonyl (C=O) groups is 4. The summed E-state index contributed by atoms with van der Waals surface area (Å²) >= 11 is 0. The maximum absolute atomic E-state index is 13.6. The predicted octanol–water partition coefficient (Wildman–Crippen LogP) is 2.40. The number of esters is 1. The third-order valence-electron chi connectivity index (χ3n) is 4.85. The smallest absolute Gasteiger partial charge is 0.408 e. The van der Waals surface area contributed by atoms with Gasteiger partial charge in [0.15, 0.2) is 0 Å². The number of hydrogen-bond donors (Lipinski definition) is 3. The second-order valence-corrected chi connectivity index (χ2v) is 9.30. The molecule has 0 spiro atoms. The van der Waals surface area contributed by atoms with Gasteiger partial charge < -0.3 is 30.1 Å². The molecule has 11 heteroatoms. The molecule has 0 aromatic heterocycles. The fourth-order valence-electron chi connectivity index (χ4n) is 3.29. The van der Waals surface area contributed by atoms with E-state index in [4.69, 9.17) is 9.47 Å². The number of carbonyl (C=O) groups excluding carboxylic acids is 4. The second kappa shape index (κ2) is 13.9. The van der Waals surface area contributed by atoms with Gasteiger partial charge in [0.05, 0.1) is 19.1 Å². The first-order valence-corrected chi connectivity index (χ1v) is 11.7. The van der Waals surface area contributed by atoms with Crippen molar-refractivity contribution in [2.24, 2.45) is 5.92 Å². The largest absolute Gasteiger partial charge is 0.508 e. The Kier molecular flexibility index (Phi) is 11.7. The topological polar surface area (TPSA) is 158 Å². The number of amides is 3. The van der Waals surface area contributed by atoms with Crippen LogP contribution < -0.4 is 10.6 Å². The lowest BCUT2D eigenvalue weighted by molar-refractivity contribution is -0.144. The summed E-state index contributed by atoms with van der Waals surface area (Å²) in [4.78, 5) is 52.0. The van der Waals surface area contributed by atoms with Crippen molar-refractivity contribution >= 4 is 23.9 Å². The lowest BCUT2D eigenvalue weighted by Crippen LogP contribution is -2.55. The highest BCUT2D eigenvalue weighted by molar-refractivity contribution is 5.93. The number of hydrogen-bond acceptors (Lipinski definition) is 8. The molecule has 0 aliphatic rings. The van der Waals surface area contributed by atoms with Crippen LogP contribution in [0.1, 0.15) is 59.6 Å². The molecular weight excluding hydrogens is 468 g/mol. The summed E-state index contributed by atoms with van der Waals surface area (Å²) < 4.78 is 10.1. The van der Waals surface area contributed by atoms with Crippen molar-refractivity contribution in [3.63, 3.8) is 0 Å². The molecule has 0 radical (unpaired) electrons. The van der Waals surface area contributed by atoms with Crippen molar-refractivity contribution in [2.45, 2.75) is 65.6 Å². The van der Waals surface area contributed by atoms with Crippen molar-refractivity contribution in [3.8, 4) is 11.8 Å². The molecule has 1 aromatic rings. The van der Waals surface area contributed by atoms with Crippen LogP contribution in [0.4, 0.5) is 4.79 Å². The van der Waals surface area contributed by atoms with E-state index in [2.05, 4.69) is 10.6 Å². The van der Waals surface area contributed by atoms with Crippen LogP contribution in [0, 0.1) is 17.2 Å². The van der Waals surface area contributed by atoms with Crippen LogP contribution in [0.5, 0.6) is 5.75 Å². The van der Waals surface area contributed by atoms with E-state index in [1.165, 1.54) is 12.1 Å². The standard InChI is InChI=1S/C25H36N4O7/c1-7-35-19(31)12-14-27-22(32)21(17-10-8-9-11-18(17)30)29(15-13-26)23(33)20(16(2)3)28-24(34)36-25(4,5)6/h8-11,16,20-21,30H,7,12,14-15H2,1-6H3,(H,27,32)(H,28,34). The molecule has 198 valence electrons. The molecule has 1 aromatic carbocycles. The zero-order valence-electron chi connectivity index (χ0n) is 21.7. The predicted molar refractivity (Wildman–Crippen MR) is 130 cm³/mol.